The van der Waals surface area contributed by atoms with Crippen LogP contribution in [0.15, 0.2) is 11.8 Å². The molecule has 0 aliphatic heterocycles. The topological polar surface area (TPSA) is 37.3 Å². The molecule has 0 aromatic rings. The molecule has 1 saturated carbocycles. The molecule has 2 heteroatoms. The Kier molecular flexibility index (Phi) is 0.967. The third-order valence-corrected chi connectivity index (χ3v) is 2.69. The number of aliphatic hydroxyl groups is 1. The average Bonchev–Trinajstić information content (AvgIpc) is 2.37. The van der Waals surface area contributed by atoms with Gasteiger partial charge >= 0.3 is 0 Å². The third-order valence-electron chi connectivity index (χ3n) is 2.69. The fourth-order valence-electron chi connectivity index (χ4n) is 1.93. The monoisotopic (exact) mass is 138 g/mol. The first-order valence-electron chi connectivity index (χ1n) is 3.71. The first-order valence-corrected chi connectivity index (χ1v) is 3.71. The predicted octanol–water partition coefficient (Wildman–Crippen LogP) is 1.57. The molecular formula is C8H10O2. The summed E-state index contributed by atoms with van der Waals surface area (Å²) in [5, 5.41) is 9.21. The Hall–Kier alpha value is -0.790. The van der Waals surface area contributed by atoms with E-state index in [4.69, 9.17) is 0 Å². The second kappa shape index (κ2) is 1.62. The van der Waals surface area contributed by atoms with Gasteiger partial charge < -0.3 is 5.11 Å². The number of carbonyl (C=O) groups excluding carboxylic acids is 1. The summed E-state index contributed by atoms with van der Waals surface area (Å²) in [7, 11) is 0. The van der Waals surface area contributed by atoms with Crippen LogP contribution in [-0.4, -0.2) is 10.9 Å². The lowest BCUT2D eigenvalue weighted by atomic mass is 9.71. The first-order chi connectivity index (χ1) is 4.76. The van der Waals surface area contributed by atoms with Gasteiger partial charge in [0.25, 0.3) is 0 Å². The summed E-state index contributed by atoms with van der Waals surface area (Å²) in [5.74, 6) is 0.470. The largest absolute Gasteiger partial charge is 0.511 e. The quantitative estimate of drug-likeness (QED) is 0.551. The van der Waals surface area contributed by atoms with Crippen LogP contribution in [0.2, 0.25) is 0 Å². The third kappa shape index (κ3) is 0.474. The van der Waals surface area contributed by atoms with Crippen LogP contribution >= 0.6 is 0 Å². The van der Waals surface area contributed by atoms with E-state index in [1.807, 2.05) is 0 Å². The van der Waals surface area contributed by atoms with Crippen molar-refractivity contribution in [1.82, 2.24) is 0 Å². The van der Waals surface area contributed by atoms with Crippen molar-refractivity contribution in [2.75, 3.05) is 0 Å². The van der Waals surface area contributed by atoms with Gasteiger partial charge in [0.15, 0.2) is 5.78 Å². The van der Waals surface area contributed by atoms with Gasteiger partial charge in [0.1, 0.15) is 5.76 Å². The van der Waals surface area contributed by atoms with Gasteiger partial charge in [-0.05, 0) is 12.8 Å². The van der Waals surface area contributed by atoms with Crippen molar-refractivity contribution in [2.24, 2.45) is 5.41 Å². The number of allylic oxidation sites excluding steroid dienone is 2. The maximum atomic E-state index is 11.0. The molecule has 1 N–H and O–H groups in total. The molecule has 54 valence electrons. The maximum absolute atomic E-state index is 11.0. The maximum Gasteiger partial charge on any atom is 0.172 e. The van der Waals surface area contributed by atoms with E-state index in [0.717, 1.165) is 25.7 Å². The van der Waals surface area contributed by atoms with E-state index in [-0.39, 0.29) is 11.2 Å². The zero-order valence-electron chi connectivity index (χ0n) is 5.76. The molecule has 0 bridgehead atoms. The molecule has 0 radical (unpaired) electrons. The van der Waals surface area contributed by atoms with Crippen molar-refractivity contribution in [1.29, 1.82) is 0 Å². The fourth-order valence-corrected chi connectivity index (χ4v) is 1.93. The molecule has 2 rings (SSSR count). The van der Waals surface area contributed by atoms with E-state index in [1.165, 1.54) is 6.08 Å². The highest BCUT2D eigenvalue weighted by Gasteiger charge is 2.49. The molecular weight excluding hydrogens is 128 g/mol. The van der Waals surface area contributed by atoms with Gasteiger partial charge in [-0.1, -0.05) is 12.8 Å². The van der Waals surface area contributed by atoms with Crippen LogP contribution in [0.3, 0.4) is 0 Å². The van der Waals surface area contributed by atoms with E-state index >= 15 is 0 Å². The highest BCUT2D eigenvalue weighted by molar-refractivity contribution is 6.04. The minimum atomic E-state index is -0.389. The number of carbonyl (C=O) groups is 1. The van der Waals surface area contributed by atoms with Gasteiger partial charge in [0, 0.05) is 6.08 Å². The molecule has 0 saturated heterocycles. The molecule has 2 aliphatic rings. The summed E-state index contributed by atoms with van der Waals surface area (Å²) in [4.78, 5) is 11.0. The average molecular weight is 138 g/mol. The Bertz CT molecular complexity index is 209. The van der Waals surface area contributed by atoms with Gasteiger partial charge in [-0.2, -0.15) is 0 Å². The molecule has 0 atom stereocenters. The SMILES string of the molecule is O=C1C=C(O)C12CCCC2. The smallest absolute Gasteiger partial charge is 0.172 e. The second-order valence-electron chi connectivity index (χ2n) is 3.18. The van der Waals surface area contributed by atoms with Gasteiger partial charge in [-0.3, -0.25) is 4.79 Å². The van der Waals surface area contributed by atoms with Gasteiger partial charge in [0.2, 0.25) is 0 Å². The highest BCUT2D eigenvalue weighted by Crippen LogP contribution is 2.49. The normalized spacial score (nSPS) is 28.4. The van der Waals surface area contributed by atoms with Crippen LogP contribution in [0.5, 0.6) is 0 Å². The summed E-state index contributed by atoms with van der Waals surface area (Å²) < 4.78 is 0. The van der Waals surface area contributed by atoms with Gasteiger partial charge in [-0.15, -0.1) is 0 Å². The highest BCUT2D eigenvalue weighted by atomic mass is 16.3. The molecule has 10 heavy (non-hydrogen) atoms. The number of hydrogen-bond acceptors (Lipinski definition) is 2. The molecule has 2 nitrogen and oxygen atoms in total. The number of ketones is 1. The van der Waals surface area contributed by atoms with Crippen LogP contribution in [-0.2, 0) is 4.79 Å². The molecule has 0 unspecified atom stereocenters. The summed E-state index contributed by atoms with van der Waals surface area (Å²) in [6.07, 6.45) is 5.26. The van der Waals surface area contributed by atoms with Crippen molar-refractivity contribution < 1.29 is 9.90 Å². The Morgan fingerprint density at radius 3 is 2.30 bits per heavy atom. The van der Waals surface area contributed by atoms with Crippen LogP contribution in [0.25, 0.3) is 0 Å². The van der Waals surface area contributed by atoms with Gasteiger partial charge in [-0.25, -0.2) is 0 Å². The molecule has 2 aliphatic carbocycles. The Balaban J connectivity index is 2.32. The molecule has 1 fully saturated rings. The van der Waals surface area contributed by atoms with Crippen molar-refractivity contribution in [3.63, 3.8) is 0 Å². The van der Waals surface area contributed by atoms with Crippen LogP contribution in [0, 0.1) is 5.41 Å². The standard InChI is InChI=1S/C8H10O2/c9-6-5-7(10)8(6)3-1-2-4-8/h5,9H,1-4H2. The van der Waals surface area contributed by atoms with Crippen LogP contribution in [0.1, 0.15) is 25.7 Å². The Morgan fingerprint density at radius 2 is 2.00 bits per heavy atom. The first kappa shape index (κ1) is 5.96. The molecule has 1 spiro atoms. The summed E-state index contributed by atoms with van der Waals surface area (Å²) in [6, 6.07) is 0. The molecule has 0 heterocycles. The van der Waals surface area contributed by atoms with Crippen molar-refractivity contribution in [2.45, 2.75) is 25.7 Å². The fraction of sp³-hybridized carbons (Fsp3) is 0.625. The summed E-state index contributed by atoms with van der Waals surface area (Å²) in [5.41, 5.74) is -0.389. The van der Waals surface area contributed by atoms with E-state index in [0.29, 0.717) is 5.76 Å². The molecule has 0 aromatic carbocycles. The lowest BCUT2D eigenvalue weighted by Crippen LogP contribution is -2.37. The summed E-state index contributed by atoms with van der Waals surface area (Å²) in [6.45, 7) is 0. The molecule has 0 amide bonds. The second-order valence-corrected chi connectivity index (χ2v) is 3.18. The van der Waals surface area contributed by atoms with E-state index < -0.39 is 0 Å². The lowest BCUT2D eigenvalue weighted by molar-refractivity contribution is -0.126. The zero-order chi connectivity index (χ0) is 7.19. The van der Waals surface area contributed by atoms with Crippen molar-refractivity contribution >= 4 is 5.78 Å². The van der Waals surface area contributed by atoms with E-state index in [9.17, 15) is 9.90 Å². The number of aliphatic hydroxyl groups excluding tert-OH is 1. The predicted molar refractivity (Wildman–Crippen MR) is 36.6 cm³/mol. The number of hydrogen-bond donors (Lipinski definition) is 1. The van der Waals surface area contributed by atoms with Crippen LogP contribution < -0.4 is 0 Å². The minimum absolute atomic E-state index is 0.141. The Morgan fingerprint density at radius 1 is 1.40 bits per heavy atom. The van der Waals surface area contributed by atoms with Crippen LogP contribution in [0.4, 0.5) is 0 Å². The molecule has 0 aromatic heterocycles. The lowest BCUT2D eigenvalue weighted by Gasteiger charge is -2.32. The Labute approximate surface area is 59.5 Å². The van der Waals surface area contributed by atoms with Crippen molar-refractivity contribution in [3.8, 4) is 0 Å². The summed E-state index contributed by atoms with van der Waals surface area (Å²) >= 11 is 0. The van der Waals surface area contributed by atoms with E-state index in [2.05, 4.69) is 0 Å². The van der Waals surface area contributed by atoms with Gasteiger partial charge in [0.05, 0.1) is 5.41 Å². The zero-order valence-corrected chi connectivity index (χ0v) is 5.76. The van der Waals surface area contributed by atoms with Crippen molar-refractivity contribution in [3.05, 3.63) is 11.8 Å². The van der Waals surface area contributed by atoms with E-state index in [1.54, 1.807) is 0 Å². The minimum Gasteiger partial charge on any atom is -0.511 e. The number of rotatable bonds is 0.